The number of rotatable bonds is 4. The highest BCUT2D eigenvalue weighted by atomic mass is 32.1. The first kappa shape index (κ1) is 15.3. The van der Waals surface area contributed by atoms with E-state index in [-0.39, 0.29) is 5.91 Å². The van der Waals surface area contributed by atoms with E-state index in [1.165, 1.54) is 11.3 Å². The number of amides is 1. The van der Waals surface area contributed by atoms with Crippen molar-refractivity contribution in [3.8, 4) is 17.0 Å². The number of aromatic nitrogens is 3. The van der Waals surface area contributed by atoms with Gasteiger partial charge in [0.1, 0.15) is 5.75 Å². The van der Waals surface area contributed by atoms with Gasteiger partial charge in [0.05, 0.1) is 12.8 Å². The Morgan fingerprint density at radius 3 is 2.64 bits per heavy atom. The molecule has 0 spiro atoms. The van der Waals surface area contributed by atoms with Crippen molar-refractivity contribution >= 4 is 27.9 Å². The molecule has 0 aliphatic rings. The van der Waals surface area contributed by atoms with E-state index in [9.17, 15) is 4.79 Å². The van der Waals surface area contributed by atoms with Gasteiger partial charge in [0.25, 0.3) is 5.91 Å². The Kier molecular flexibility index (Phi) is 3.91. The van der Waals surface area contributed by atoms with E-state index < -0.39 is 0 Å². The van der Waals surface area contributed by atoms with Crippen LogP contribution in [-0.4, -0.2) is 27.4 Å². The third-order valence-corrected chi connectivity index (χ3v) is 4.54. The van der Waals surface area contributed by atoms with E-state index in [1.807, 2.05) is 28.1 Å². The third kappa shape index (κ3) is 2.85. The summed E-state index contributed by atoms with van der Waals surface area (Å²) in [7, 11) is 1.60. The average molecular weight is 350 g/mol. The van der Waals surface area contributed by atoms with Crippen LogP contribution in [0, 0.1) is 0 Å². The highest BCUT2D eigenvalue weighted by Gasteiger charge is 2.21. The quantitative estimate of drug-likeness (QED) is 0.609. The zero-order valence-corrected chi connectivity index (χ0v) is 14.2. The van der Waals surface area contributed by atoms with Crippen molar-refractivity contribution in [2.75, 3.05) is 12.4 Å². The second-order valence-corrected chi connectivity index (χ2v) is 6.16. The molecule has 124 valence electrons. The van der Waals surface area contributed by atoms with Gasteiger partial charge in [-0.3, -0.25) is 14.2 Å². The van der Waals surface area contributed by atoms with Crippen LogP contribution in [-0.2, 0) is 0 Å². The highest BCUT2D eigenvalue weighted by molar-refractivity contribution is 7.15. The summed E-state index contributed by atoms with van der Waals surface area (Å²) in [6.45, 7) is 0. The van der Waals surface area contributed by atoms with Gasteiger partial charge >= 0.3 is 0 Å². The van der Waals surface area contributed by atoms with Crippen molar-refractivity contribution in [1.29, 1.82) is 0 Å². The predicted octanol–water partition coefficient (Wildman–Crippen LogP) is 3.72. The van der Waals surface area contributed by atoms with Gasteiger partial charge in [-0.15, -0.1) is 11.3 Å². The zero-order chi connectivity index (χ0) is 17.2. The Morgan fingerprint density at radius 2 is 1.92 bits per heavy atom. The highest BCUT2D eigenvalue weighted by Crippen LogP contribution is 2.28. The molecule has 4 rings (SSSR count). The monoisotopic (exact) mass is 350 g/mol. The number of pyridine rings is 1. The molecule has 0 fully saturated rings. The van der Waals surface area contributed by atoms with E-state index >= 15 is 0 Å². The number of methoxy groups -OCH3 is 1. The number of ether oxygens (including phenoxy) is 1. The number of hydrogen-bond donors (Lipinski definition) is 1. The zero-order valence-electron chi connectivity index (χ0n) is 13.3. The smallest absolute Gasteiger partial charge is 0.276 e. The van der Waals surface area contributed by atoms with Gasteiger partial charge < -0.3 is 10.1 Å². The minimum absolute atomic E-state index is 0.257. The van der Waals surface area contributed by atoms with Gasteiger partial charge in [-0.25, -0.2) is 4.98 Å². The predicted molar refractivity (Wildman–Crippen MR) is 97.2 cm³/mol. The minimum atomic E-state index is -0.257. The molecule has 4 aromatic rings. The molecule has 0 saturated heterocycles. The van der Waals surface area contributed by atoms with Crippen molar-refractivity contribution in [3.63, 3.8) is 0 Å². The van der Waals surface area contributed by atoms with Crippen LogP contribution in [0.15, 0.2) is 60.4 Å². The largest absolute Gasteiger partial charge is 0.497 e. The van der Waals surface area contributed by atoms with Gasteiger partial charge in [0, 0.05) is 35.2 Å². The number of nitrogens with zero attached hydrogens (tertiary/aromatic N) is 3. The number of anilines is 1. The Bertz CT molecular complexity index is 1020. The lowest BCUT2D eigenvalue weighted by Gasteiger charge is -2.07. The lowest BCUT2D eigenvalue weighted by molar-refractivity contribution is 0.102. The molecule has 0 unspecified atom stereocenters. The molecule has 0 atom stereocenters. The van der Waals surface area contributed by atoms with Crippen LogP contribution >= 0.6 is 11.3 Å². The Morgan fingerprint density at radius 1 is 1.16 bits per heavy atom. The molecule has 0 saturated carbocycles. The molecule has 0 aliphatic heterocycles. The fraction of sp³-hybridized carbons (Fsp3) is 0.0556. The molecule has 7 heteroatoms. The number of carbonyl (C=O) groups excluding carboxylic acids is 1. The Hall–Kier alpha value is -3.19. The summed E-state index contributed by atoms with van der Waals surface area (Å²) in [5.41, 5.74) is 2.71. The van der Waals surface area contributed by atoms with Gasteiger partial charge in [0.15, 0.2) is 10.7 Å². The second kappa shape index (κ2) is 6.37. The first-order chi connectivity index (χ1) is 12.3. The van der Waals surface area contributed by atoms with Gasteiger partial charge in [-0.2, -0.15) is 0 Å². The summed E-state index contributed by atoms with van der Waals surface area (Å²) in [6, 6.07) is 10.9. The van der Waals surface area contributed by atoms with Crippen LogP contribution < -0.4 is 10.1 Å². The molecule has 0 bridgehead atoms. The fourth-order valence-corrected chi connectivity index (χ4v) is 3.31. The van der Waals surface area contributed by atoms with Crippen molar-refractivity contribution in [2.45, 2.75) is 0 Å². The molecular formula is C18H14N4O2S. The van der Waals surface area contributed by atoms with Crippen molar-refractivity contribution < 1.29 is 9.53 Å². The number of fused-ring (bicyclic) bond motifs is 1. The third-order valence-electron chi connectivity index (χ3n) is 3.78. The van der Waals surface area contributed by atoms with Crippen LogP contribution in [0.25, 0.3) is 16.2 Å². The molecule has 25 heavy (non-hydrogen) atoms. The standard InChI is InChI=1S/C18H14N4O2S/c1-24-14-4-2-13(3-5-14)20-17(23)15-16(12-6-8-19-9-7-12)22-10-11-25-18(22)21-15/h2-11H,1H3,(H,20,23). The molecule has 1 amide bonds. The van der Waals surface area contributed by atoms with E-state index in [0.717, 1.165) is 22.0 Å². The topological polar surface area (TPSA) is 68.5 Å². The number of hydrogen-bond acceptors (Lipinski definition) is 5. The number of imidazole rings is 1. The summed E-state index contributed by atoms with van der Waals surface area (Å²) >= 11 is 1.49. The van der Waals surface area contributed by atoms with Crippen LogP contribution in [0.3, 0.4) is 0 Å². The van der Waals surface area contributed by atoms with Crippen LogP contribution in [0.1, 0.15) is 10.5 Å². The fourth-order valence-electron chi connectivity index (χ4n) is 2.59. The van der Waals surface area contributed by atoms with Gasteiger partial charge in [-0.1, -0.05) is 0 Å². The maximum absolute atomic E-state index is 12.8. The summed E-state index contributed by atoms with van der Waals surface area (Å²) in [4.78, 5) is 22.1. The lowest BCUT2D eigenvalue weighted by atomic mass is 10.1. The molecule has 0 aliphatic carbocycles. The molecule has 6 nitrogen and oxygen atoms in total. The number of nitrogens with one attached hydrogen (secondary N) is 1. The number of carbonyl (C=O) groups is 1. The molecule has 0 radical (unpaired) electrons. The maximum Gasteiger partial charge on any atom is 0.276 e. The molecular weight excluding hydrogens is 336 g/mol. The van der Waals surface area contributed by atoms with Gasteiger partial charge in [0.2, 0.25) is 0 Å². The van der Waals surface area contributed by atoms with Crippen molar-refractivity contribution in [2.24, 2.45) is 0 Å². The molecule has 1 aromatic carbocycles. The Balaban J connectivity index is 1.73. The van der Waals surface area contributed by atoms with E-state index in [4.69, 9.17) is 4.74 Å². The summed E-state index contributed by atoms with van der Waals surface area (Å²) in [5.74, 6) is 0.478. The SMILES string of the molecule is COc1ccc(NC(=O)c2nc3sccn3c2-c2ccncc2)cc1. The van der Waals surface area contributed by atoms with Crippen molar-refractivity contribution in [3.05, 3.63) is 66.1 Å². The molecule has 3 aromatic heterocycles. The number of thiazole rings is 1. The molecule has 3 heterocycles. The van der Waals surface area contributed by atoms with E-state index in [1.54, 1.807) is 43.8 Å². The first-order valence-corrected chi connectivity index (χ1v) is 8.45. The number of benzene rings is 1. The van der Waals surface area contributed by atoms with Crippen LogP contribution in [0.2, 0.25) is 0 Å². The normalized spacial score (nSPS) is 10.8. The van der Waals surface area contributed by atoms with Crippen molar-refractivity contribution in [1.82, 2.24) is 14.4 Å². The minimum Gasteiger partial charge on any atom is -0.497 e. The van der Waals surface area contributed by atoms with Crippen LogP contribution in [0.4, 0.5) is 5.69 Å². The summed E-state index contributed by atoms with van der Waals surface area (Å²) < 4.78 is 7.05. The second-order valence-electron chi connectivity index (χ2n) is 5.28. The molecule has 1 N–H and O–H groups in total. The maximum atomic E-state index is 12.8. The Labute approximate surface area is 147 Å². The summed E-state index contributed by atoms with van der Waals surface area (Å²) in [5, 5.41) is 4.83. The average Bonchev–Trinajstić information content (AvgIpc) is 3.24. The van der Waals surface area contributed by atoms with E-state index in [2.05, 4.69) is 15.3 Å². The first-order valence-electron chi connectivity index (χ1n) is 7.57. The lowest BCUT2D eigenvalue weighted by Crippen LogP contribution is -2.13. The summed E-state index contributed by atoms with van der Waals surface area (Å²) in [6.07, 6.45) is 5.31. The van der Waals surface area contributed by atoms with Gasteiger partial charge in [-0.05, 0) is 36.4 Å². The van der Waals surface area contributed by atoms with Crippen LogP contribution in [0.5, 0.6) is 5.75 Å². The van der Waals surface area contributed by atoms with E-state index in [0.29, 0.717) is 11.4 Å².